The van der Waals surface area contributed by atoms with Gasteiger partial charge in [0.25, 0.3) is 0 Å². The smallest absolute Gasteiger partial charge is 0.339 e. The molecule has 0 radical (unpaired) electrons. The van der Waals surface area contributed by atoms with Crippen molar-refractivity contribution in [3.05, 3.63) is 59.7 Å². The van der Waals surface area contributed by atoms with E-state index < -0.39 is 5.97 Å². The van der Waals surface area contributed by atoms with Crippen molar-refractivity contribution in [2.45, 2.75) is 6.42 Å². The fourth-order valence-corrected chi connectivity index (χ4v) is 1.80. The van der Waals surface area contributed by atoms with Crippen LogP contribution in [0.5, 0.6) is 11.5 Å². The van der Waals surface area contributed by atoms with Crippen molar-refractivity contribution < 1.29 is 19.4 Å². The summed E-state index contributed by atoms with van der Waals surface area (Å²) in [7, 11) is 1.67. The highest BCUT2D eigenvalue weighted by Crippen LogP contribution is 2.25. The third-order valence-electron chi connectivity index (χ3n) is 2.86. The van der Waals surface area contributed by atoms with E-state index in [1.54, 1.807) is 25.3 Å². The third kappa shape index (κ3) is 3.59. The number of para-hydroxylation sites is 1. The molecule has 0 heterocycles. The molecular formula is C16H16O4. The van der Waals surface area contributed by atoms with Crippen LogP contribution in [0.2, 0.25) is 0 Å². The van der Waals surface area contributed by atoms with Crippen molar-refractivity contribution >= 4 is 5.97 Å². The van der Waals surface area contributed by atoms with Crippen molar-refractivity contribution in [1.29, 1.82) is 0 Å². The van der Waals surface area contributed by atoms with Gasteiger partial charge in [-0.3, -0.25) is 0 Å². The van der Waals surface area contributed by atoms with Crippen LogP contribution >= 0.6 is 0 Å². The van der Waals surface area contributed by atoms with Gasteiger partial charge in [-0.2, -0.15) is 0 Å². The normalized spacial score (nSPS) is 10.2. The summed E-state index contributed by atoms with van der Waals surface area (Å²) in [6.07, 6.45) is 0.836. The zero-order valence-corrected chi connectivity index (χ0v) is 11.2. The Labute approximate surface area is 117 Å². The maximum absolute atomic E-state index is 11.1. The molecule has 0 saturated carbocycles. The van der Waals surface area contributed by atoms with E-state index in [1.807, 2.05) is 24.3 Å². The topological polar surface area (TPSA) is 55.8 Å². The van der Waals surface area contributed by atoms with Crippen LogP contribution in [-0.2, 0) is 11.2 Å². The second-order valence-electron chi connectivity index (χ2n) is 4.29. The Bertz CT molecular complexity index is 575. The number of rotatable bonds is 6. The largest absolute Gasteiger partial charge is 0.478 e. The fraction of sp³-hybridized carbons (Fsp3) is 0.188. The second-order valence-corrected chi connectivity index (χ2v) is 4.29. The van der Waals surface area contributed by atoms with E-state index >= 15 is 0 Å². The first-order valence-electron chi connectivity index (χ1n) is 6.29. The molecule has 2 aromatic rings. The monoisotopic (exact) mass is 272 g/mol. The van der Waals surface area contributed by atoms with E-state index in [1.165, 1.54) is 6.07 Å². The summed E-state index contributed by atoms with van der Waals surface area (Å²) < 4.78 is 10.6. The van der Waals surface area contributed by atoms with Gasteiger partial charge in [0.2, 0.25) is 0 Å². The van der Waals surface area contributed by atoms with Crippen LogP contribution in [0.15, 0.2) is 48.5 Å². The predicted molar refractivity (Wildman–Crippen MR) is 75.5 cm³/mol. The number of carboxylic acid groups (broad SMARTS) is 1. The molecule has 0 aliphatic carbocycles. The Morgan fingerprint density at radius 1 is 1.10 bits per heavy atom. The number of ether oxygens (including phenoxy) is 2. The molecule has 2 rings (SSSR count). The minimum atomic E-state index is -1.00. The molecule has 0 atom stereocenters. The van der Waals surface area contributed by atoms with Gasteiger partial charge in [0.1, 0.15) is 17.1 Å². The average Bonchev–Trinajstić information content (AvgIpc) is 2.47. The zero-order chi connectivity index (χ0) is 14.4. The zero-order valence-electron chi connectivity index (χ0n) is 11.2. The molecule has 0 amide bonds. The molecule has 0 aliphatic rings. The van der Waals surface area contributed by atoms with Crippen LogP contribution in [0.1, 0.15) is 15.9 Å². The summed E-state index contributed by atoms with van der Waals surface area (Å²) >= 11 is 0. The highest BCUT2D eigenvalue weighted by atomic mass is 16.5. The first-order chi connectivity index (χ1) is 9.70. The van der Waals surface area contributed by atoms with Crippen molar-refractivity contribution in [1.82, 2.24) is 0 Å². The summed E-state index contributed by atoms with van der Waals surface area (Å²) in [4.78, 5) is 11.1. The number of methoxy groups -OCH3 is 1. The lowest BCUT2D eigenvalue weighted by Gasteiger charge is -2.09. The molecule has 1 N–H and O–H groups in total. The van der Waals surface area contributed by atoms with Crippen LogP contribution in [0.4, 0.5) is 0 Å². The van der Waals surface area contributed by atoms with Crippen LogP contribution in [0.3, 0.4) is 0 Å². The summed E-state index contributed by atoms with van der Waals surface area (Å²) in [5.41, 5.74) is 1.29. The van der Waals surface area contributed by atoms with Gasteiger partial charge < -0.3 is 14.6 Å². The number of hydrogen-bond donors (Lipinski definition) is 1. The minimum Gasteiger partial charge on any atom is -0.478 e. The first-order valence-corrected chi connectivity index (χ1v) is 6.29. The predicted octanol–water partition coefficient (Wildman–Crippen LogP) is 3.37. The SMILES string of the molecule is COCCc1ccc(Oc2ccccc2C(=O)O)cc1. The Kier molecular flexibility index (Phi) is 4.74. The first kappa shape index (κ1) is 14.1. The van der Waals surface area contributed by atoms with Crippen molar-refractivity contribution in [3.8, 4) is 11.5 Å². The third-order valence-corrected chi connectivity index (χ3v) is 2.86. The van der Waals surface area contributed by atoms with E-state index in [2.05, 4.69) is 0 Å². The average molecular weight is 272 g/mol. The van der Waals surface area contributed by atoms with Crippen molar-refractivity contribution in [2.75, 3.05) is 13.7 Å². The van der Waals surface area contributed by atoms with E-state index in [9.17, 15) is 4.79 Å². The van der Waals surface area contributed by atoms with Crippen LogP contribution < -0.4 is 4.74 Å². The summed E-state index contributed by atoms with van der Waals surface area (Å²) in [5, 5.41) is 9.09. The van der Waals surface area contributed by atoms with Gasteiger partial charge >= 0.3 is 5.97 Å². The lowest BCUT2D eigenvalue weighted by molar-refractivity contribution is 0.0694. The molecule has 0 aliphatic heterocycles. The number of benzene rings is 2. The Hall–Kier alpha value is -2.33. The van der Waals surface area contributed by atoms with Gasteiger partial charge in [-0.25, -0.2) is 4.79 Å². The number of aromatic carboxylic acids is 1. The highest BCUT2D eigenvalue weighted by Gasteiger charge is 2.10. The molecule has 0 fully saturated rings. The molecule has 4 heteroatoms. The standard InChI is InChI=1S/C16H16O4/c1-19-11-10-12-6-8-13(9-7-12)20-15-5-3-2-4-14(15)16(17)18/h2-9H,10-11H2,1H3,(H,17,18). The molecule has 0 aromatic heterocycles. The van der Waals surface area contributed by atoms with Crippen LogP contribution in [0.25, 0.3) is 0 Å². The van der Waals surface area contributed by atoms with Crippen LogP contribution in [-0.4, -0.2) is 24.8 Å². The van der Waals surface area contributed by atoms with Crippen molar-refractivity contribution in [3.63, 3.8) is 0 Å². The van der Waals surface area contributed by atoms with Gasteiger partial charge in [-0.05, 0) is 36.2 Å². The van der Waals surface area contributed by atoms with Crippen molar-refractivity contribution in [2.24, 2.45) is 0 Å². The van der Waals surface area contributed by atoms with E-state index in [0.29, 0.717) is 18.1 Å². The van der Waals surface area contributed by atoms with Gasteiger partial charge in [-0.15, -0.1) is 0 Å². The van der Waals surface area contributed by atoms with Gasteiger partial charge in [0, 0.05) is 7.11 Å². The van der Waals surface area contributed by atoms with Gasteiger partial charge in [0.05, 0.1) is 6.61 Å². The summed E-state index contributed by atoms with van der Waals surface area (Å²) in [6, 6.07) is 14.1. The van der Waals surface area contributed by atoms with Gasteiger partial charge in [0.15, 0.2) is 0 Å². The quantitative estimate of drug-likeness (QED) is 0.876. The summed E-state index contributed by atoms with van der Waals surface area (Å²) in [5.74, 6) is -0.0539. The van der Waals surface area contributed by atoms with E-state index in [-0.39, 0.29) is 5.56 Å². The molecular weight excluding hydrogens is 256 g/mol. The molecule has 0 bridgehead atoms. The van der Waals surface area contributed by atoms with E-state index in [4.69, 9.17) is 14.6 Å². The highest BCUT2D eigenvalue weighted by molar-refractivity contribution is 5.90. The molecule has 0 spiro atoms. The lowest BCUT2D eigenvalue weighted by Crippen LogP contribution is -1.99. The molecule has 2 aromatic carbocycles. The van der Waals surface area contributed by atoms with E-state index in [0.717, 1.165) is 12.0 Å². The fourth-order valence-electron chi connectivity index (χ4n) is 1.80. The number of carboxylic acids is 1. The number of hydrogen-bond acceptors (Lipinski definition) is 3. The molecule has 0 saturated heterocycles. The maximum atomic E-state index is 11.1. The molecule has 20 heavy (non-hydrogen) atoms. The maximum Gasteiger partial charge on any atom is 0.339 e. The van der Waals surface area contributed by atoms with Gasteiger partial charge in [-0.1, -0.05) is 24.3 Å². The Balaban J connectivity index is 2.12. The van der Waals surface area contributed by atoms with Crippen LogP contribution in [0, 0.1) is 0 Å². The molecule has 4 nitrogen and oxygen atoms in total. The molecule has 0 unspecified atom stereocenters. The Morgan fingerprint density at radius 3 is 2.45 bits per heavy atom. The summed E-state index contributed by atoms with van der Waals surface area (Å²) in [6.45, 7) is 0.669. The second kappa shape index (κ2) is 6.73. The molecule has 104 valence electrons. The minimum absolute atomic E-state index is 0.149. The number of carbonyl (C=O) groups is 1. The Morgan fingerprint density at radius 2 is 1.80 bits per heavy atom. The lowest BCUT2D eigenvalue weighted by atomic mass is 10.1.